The highest BCUT2D eigenvalue weighted by atomic mass is 31.2. The largest absolute Gasteiger partial charge is 0.105 e. The minimum atomic E-state index is -1.22. The molecule has 0 aliphatic rings. The number of hydrogen-bond donors (Lipinski definition) is 0. The van der Waals surface area contributed by atoms with Gasteiger partial charge in [0.05, 0.1) is 19.5 Å². The van der Waals surface area contributed by atoms with E-state index in [-0.39, 0.29) is 0 Å². The molecule has 0 amide bonds. The molecule has 2 aromatic carbocycles. The van der Waals surface area contributed by atoms with Crippen LogP contribution in [0.5, 0.6) is 0 Å². The van der Waals surface area contributed by atoms with E-state index >= 15 is 0 Å². The zero-order valence-corrected chi connectivity index (χ0v) is 22.9. The van der Waals surface area contributed by atoms with Crippen molar-refractivity contribution >= 4 is 12.6 Å². The highest BCUT2D eigenvalue weighted by molar-refractivity contribution is 7.81. The lowest BCUT2D eigenvalue weighted by atomic mass is 9.79. The first-order chi connectivity index (χ1) is 13.8. The fourth-order valence-electron chi connectivity index (χ4n) is 4.76. The van der Waals surface area contributed by atoms with E-state index in [1.807, 2.05) is 0 Å². The van der Waals surface area contributed by atoms with E-state index in [9.17, 15) is 0 Å². The first kappa shape index (κ1) is 25.1. The molecule has 30 heavy (non-hydrogen) atoms. The summed E-state index contributed by atoms with van der Waals surface area (Å²) < 4.78 is 0. The third kappa shape index (κ3) is 4.41. The number of hydrogen-bond acceptors (Lipinski definition) is 0. The molecule has 0 fully saturated rings. The van der Waals surface area contributed by atoms with Crippen molar-refractivity contribution < 1.29 is 0 Å². The van der Waals surface area contributed by atoms with Crippen LogP contribution >= 0.6 is 7.26 Å². The van der Waals surface area contributed by atoms with Gasteiger partial charge in [-0.05, 0) is 96.9 Å². The highest BCUT2D eigenvalue weighted by Crippen LogP contribution is 2.55. The van der Waals surface area contributed by atoms with Crippen molar-refractivity contribution in [2.45, 2.75) is 93.9 Å². The Morgan fingerprint density at radius 1 is 0.633 bits per heavy atom. The van der Waals surface area contributed by atoms with Gasteiger partial charge in [-0.15, -0.1) is 0 Å². The van der Waals surface area contributed by atoms with Gasteiger partial charge in [-0.25, -0.2) is 0 Å². The molecule has 166 valence electrons. The molecule has 0 N–H and O–H groups in total. The highest BCUT2D eigenvalue weighted by Gasteiger charge is 2.36. The van der Waals surface area contributed by atoms with Crippen LogP contribution < -0.4 is 5.30 Å². The first-order valence-corrected chi connectivity index (χ1v) is 14.7. The molecule has 0 aromatic heterocycles. The van der Waals surface area contributed by atoms with E-state index in [0.29, 0.717) is 17.8 Å². The molecule has 0 saturated carbocycles. The lowest BCUT2D eigenvalue weighted by Gasteiger charge is -2.30. The second kappa shape index (κ2) is 9.16. The molecular weight excluding hydrogens is 379 g/mol. The van der Waals surface area contributed by atoms with Gasteiger partial charge < -0.3 is 0 Å². The van der Waals surface area contributed by atoms with Crippen LogP contribution in [-0.4, -0.2) is 19.5 Å². The van der Waals surface area contributed by atoms with E-state index in [1.165, 1.54) is 45.1 Å². The first-order valence-electron chi connectivity index (χ1n) is 11.9. The van der Waals surface area contributed by atoms with Gasteiger partial charge in [-0.1, -0.05) is 53.7 Å². The van der Waals surface area contributed by atoms with Crippen molar-refractivity contribution in [3.05, 3.63) is 51.1 Å². The van der Waals surface area contributed by atoms with Gasteiger partial charge in [0.15, 0.2) is 0 Å². The predicted octanol–water partition coefficient (Wildman–Crippen LogP) is 8.88. The molecule has 0 radical (unpaired) electrons. The topological polar surface area (TPSA) is 0 Å². The SMILES string of the molecule is CC[P+](C)(C)c1c(C)c(C)c(C)c(C)c1-c1c(C(C)C)cc(C(C)C)cc1C(C)C. The summed E-state index contributed by atoms with van der Waals surface area (Å²) in [7, 11) is -1.22. The van der Waals surface area contributed by atoms with Crippen LogP contribution in [-0.2, 0) is 0 Å². The molecule has 0 saturated heterocycles. The summed E-state index contributed by atoms with van der Waals surface area (Å²) in [6.07, 6.45) is 1.25. The van der Waals surface area contributed by atoms with Crippen molar-refractivity contribution in [3.8, 4) is 11.1 Å². The van der Waals surface area contributed by atoms with Crippen LogP contribution in [0.25, 0.3) is 11.1 Å². The molecule has 0 aliphatic carbocycles. The molecule has 0 spiro atoms. The predicted molar refractivity (Wildman–Crippen MR) is 142 cm³/mol. The van der Waals surface area contributed by atoms with Crippen LogP contribution in [0.15, 0.2) is 12.1 Å². The van der Waals surface area contributed by atoms with E-state index in [2.05, 4.69) is 102 Å². The molecular formula is C29H46P+. The normalized spacial score (nSPS) is 12.5. The third-order valence-corrected chi connectivity index (χ3v) is 10.8. The van der Waals surface area contributed by atoms with E-state index in [4.69, 9.17) is 0 Å². The van der Waals surface area contributed by atoms with Gasteiger partial charge in [0.2, 0.25) is 0 Å². The van der Waals surface area contributed by atoms with Gasteiger partial charge in [0.25, 0.3) is 0 Å². The number of rotatable bonds is 6. The molecule has 0 unspecified atom stereocenters. The second-order valence-electron chi connectivity index (χ2n) is 10.8. The van der Waals surface area contributed by atoms with Crippen LogP contribution in [0.3, 0.4) is 0 Å². The lowest BCUT2D eigenvalue weighted by molar-refractivity contribution is 0.807. The monoisotopic (exact) mass is 425 g/mol. The Hall–Kier alpha value is -1.13. The van der Waals surface area contributed by atoms with Crippen molar-refractivity contribution in [2.75, 3.05) is 19.5 Å². The summed E-state index contributed by atoms with van der Waals surface area (Å²) in [6.45, 7) is 31.0. The van der Waals surface area contributed by atoms with Crippen molar-refractivity contribution in [1.29, 1.82) is 0 Å². The fourth-order valence-corrected chi connectivity index (χ4v) is 7.03. The van der Waals surface area contributed by atoms with Crippen molar-refractivity contribution in [3.63, 3.8) is 0 Å². The van der Waals surface area contributed by atoms with Crippen LogP contribution in [0, 0.1) is 27.7 Å². The van der Waals surface area contributed by atoms with Crippen LogP contribution in [0.4, 0.5) is 0 Å². The summed E-state index contributed by atoms with van der Waals surface area (Å²) in [5, 5.41) is 1.67. The summed E-state index contributed by atoms with van der Waals surface area (Å²) >= 11 is 0. The Bertz CT molecular complexity index is 897. The molecule has 2 aromatic rings. The quantitative estimate of drug-likeness (QED) is 0.405. The molecule has 0 bridgehead atoms. The molecule has 2 rings (SSSR count). The lowest BCUT2D eigenvalue weighted by Crippen LogP contribution is -2.22. The minimum Gasteiger partial charge on any atom is -0.0587 e. The average molecular weight is 426 g/mol. The van der Waals surface area contributed by atoms with Gasteiger partial charge in [0.1, 0.15) is 5.30 Å². The molecule has 0 nitrogen and oxygen atoms in total. The maximum atomic E-state index is 2.54. The maximum absolute atomic E-state index is 2.54. The number of benzene rings is 2. The summed E-state index contributed by atoms with van der Waals surface area (Å²) in [4.78, 5) is 0. The Balaban J connectivity index is 3.18. The Labute approximate surface area is 188 Å². The smallest absolute Gasteiger partial charge is 0.0587 e. The summed E-state index contributed by atoms with van der Waals surface area (Å²) in [6, 6.07) is 5.03. The molecule has 0 heterocycles. The van der Waals surface area contributed by atoms with E-state index in [0.717, 1.165) is 0 Å². The average Bonchev–Trinajstić information content (AvgIpc) is 2.67. The van der Waals surface area contributed by atoms with Crippen molar-refractivity contribution in [1.82, 2.24) is 0 Å². The second-order valence-corrected chi connectivity index (χ2v) is 15.2. The molecule has 1 heteroatoms. The van der Waals surface area contributed by atoms with Crippen LogP contribution in [0.2, 0.25) is 0 Å². The van der Waals surface area contributed by atoms with Crippen molar-refractivity contribution in [2.24, 2.45) is 0 Å². The Kier molecular flexibility index (Phi) is 7.67. The standard InChI is InChI=1S/C29H46P/c1-14-30(12,13)29-23(11)21(9)20(8)22(10)27(29)28-25(18(4)5)15-24(17(2)3)16-26(28)19(6)7/h15-19H,14H2,1-13H3/q+1. The summed E-state index contributed by atoms with van der Waals surface area (Å²) in [5.41, 5.74) is 13.7. The Morgan fingerprint density at radius 2 is 1.07 bits per heavy atom. The Morgan fingerprint density at radius 3 is 1.43 bits per heavy atom. The third-order valence-electron chi connectivity index (χ3n) is 7.43. The van der Waals surface area contributed by atoms with E-state index < -0.39 is 7.26 Å². The zero-order chi connectivity index (χ0) is 23.1. The van der Waals surface area contributed by atoms with Gasteiger partial charge in [-0.3, -0.25) is 0 Å². The van der Waals surface area contributed by atoms with Gasteiger partial charge >= 0.3 is 0 Å². The van der Waals surface area contributed by atoms with Gasteiger partial charge in [0, 0.05) is 12.8 Å². The molecule has 0 atom stereocenters. The zero-order valence-electron chi connectivity index (χ0n) is 22.0. The van der Waals surface area contributed by atoms with Gasteiger partial charge in [-0.2, -0.15) is 0 Å². The van der Waals surface area contributed by atoms with Crippen LogP contribution in [0.1, 0.15) is 105 Å². The summed E-state index contributed by atoms with van der Waals surface area (Å²) in [5.74, 6) is 1.57. The molecule has 0 aliphatic heterocycles. The fraction of sp³-hybridized carbons (Fsp3) is 0.586. The maximum Gasteiger partial charge on any atom is 0.105 e. The van der Waals surface area contributed by atoms with E-state index in [1.54, 1.807) is 16.4 Å². The minimum absolute atomic E-state index is 0.508.